The summed E-state index contributed by atoms with van der Waals surface area (Å²) >= 11 is 0. The lowest BCUT2D eigenvalue weighted by molar-refractivity contribution is -0.139. The van der Waals surface area contributed by atoms with Gasteiger partial charge in [-0.1, -0.05) is 19.9 Å². The van der Waals surface area contributed by atoms with Crippen molar-refractivity contribution in [1.29, 1.82) is 0 Å². The molecule has 0 aliphatic carbocycles. The van der Waals surface area contributed by atoms with Crippen molar-refractivity contribution >= 4 is 5.97 Å². The van der Waals surface area contributed by atoms with E-state index in [0.29, 0.717) is 12.2 Å². The molecular formula is C12H23NO2. The van der Waals surface area contributed by atoms with E-state index < -0.39 is 0 Å². The molecular weight excluding hydrogens is 190 g/mol. The minimum absolute atomic E-state index is 0.286. The maximum Gasteiger partial charge on any atom is 0.333 e. The van der Waals surface area contributed by atoms with Crippen LogP contribution in [0.3, 0.4) is 0 Å². The summed E-state index contributed by atoms with van der Waals surface area (Å²) in [7, 11) is 2.09. The van der Waals surface area contributed by atoms with Crippen molar-refractivity contribution in [3.8, 4) is 0 Å². The van der Waals surface area contributed by atoms with E-state index in [-0.39, 0.29) is 5.97 Å². The Morgan fingerprint density at radius 1 is 1.33 bits per heavy atom. The third-order valence-electron chi connectivity index (χ3n) is 2.16. The number of nitrogens with zero attached hydrogens (tertiary/aromatic N) is 1. The molecule has 3 nitrogen and oxygen atoms in total. The molecule has 0 aromatic carbocycles. The third-order valence-corrected chi connectivity index (χ3v) is 2.16. The Morgan fingerprint density at radius 2 is 1.93 bits per heavy atom. The van der Waals surface area contributed by atoms with E-state index in [4.69, 9.17) is 4.74 Å². The van der Waals surface area contributed by atoms with Crippen molar-refractivity contribution in [2.45, 2.75) is 33.1 Å². The number of esters is 1. The van der Waals surface area contributed by atoms with Crippen LogP contribution in [-0.4, -0.2) is 37.6 Å². The van der Waals surface area contributed by atoms with Crippen LogP contribution < -0.4 is 0 Å². The van der Waals surface area contributed by atoms with Crippen LogP contribution in [-0.2, 0) is 9.53 Å². The lowest BCUT2D eigenvalue weighted by Gasteiger charge is -2.15. The van der Waals surface area contributed by atoms with Gasteiger partial charge in [-0.15, -0.1) is 0 Å². The summed E-state index contributed by atoms with van der Waals surface area (Å²) < 4.78 is 4.99. The monoisotopic (exact) mass is 213 g/mol. The fraction of sp³-hybridized carbons (Fsp3) is 0.750. The van der Waals surface area contributed by atoms with Crippen molar-refractivity contribution < 1.29 is 9.53 Å². The van der Waals surface area contributed by atoms with E-state index in [9.17, 15) is 4.79 Å². The van der Waals surface area contributed by atoms with Crippen LogP contribution in [0.5, 0.6) is 0 Å². The highest BCUT2D eigenvalue weighted by atomic mass is 16.5. The highest BCUT2D eigenvalue weighted by Gasteiger charge is 2.02. The maximum atomic E-state index is 11.0. The molecule has 0 fully saturated rings. The first-order valence-electron chi connectivity index (χ1n) is 5.59. The molecule has 0 heterocycles. The molecule has 0 saturated heterocycles. The number of hydrogen-bond acceptors (Lipinski definition) is 3. The van der Waals surface area contributed by atoms with Gasteiger partial charge in [0.15, 0.2) is 0 Å². The van der Waals surface area contributed by atoms with Crippen LogP contribution in [0.15, 0.2) is 12.2 Å². The first-order valence-corrected chi connectivity index (χ1v) is 5.59. The largest absolute Gasteiger partial charge is 0.462 e. The Kier molecular flexibility index (Phi) is 8.01. The summed E-state index contributed by atoms with van der Waals surface area (Å²) in [5.41, 5.74) is 0.467. The number of carbonyl (C=O) groups excluding carboxylic acids is 1. The van der Waals surface area contributed by atoms with Crippen molar-refractivity contribution in [2.24, 2.45) is 0 Å². The van der Waals surface area contributed by atoms with Gasteiger partial charge >= 0.3 is 5.97 Å². The zero-order chi connectivity index (χ0) is 11.7. The fourth-order valence-electron chi connectivity index (χ4n) is 1.16. The zero-order valence-corrected chi connectivity index (χ0v) is 10.2. The highest BCUT2D eigenvalue weighted by Crippen LogP contribution is 1.96. The van der Waals surface area contributed by atoms with E-state index in [1.165, 1.54) is 12.8 Å². The molecule has 0 radical (unpaired) electrons. The zero-order valence-electron chi connectivity index (χ0n) is 10.2. The molecule has 0 spiro atoms. The van der Waals surface area contributed by atoms with E-state index in [1.807, 2.05) is 0 Å². The van der Waals surface area contributed by atoms with Crippen LogP contribution in [0.2, 0.25) is 0 Å². The molecule has 0 unspecified atom stereocenters. The van der Waals surface area contributed by atoms with E-state index in [1.54, 1.807) is 6.92 Å². The molecule has 0 amide bonds. The Hall–Kier alpha value is -0.830. The minimum Gasteiger partial charge on any atom is -0.462 e. The Labute approximate surface area is 93.1 Å². The molecule has 0 aliphatic rings. The Balaban J connectivity index is 3.37. The smallest absolute Gasteiger partial charge is 0.333 e. The van der Waals surface area contributed by atoms with Crippen LogP contribution in [0, 0.1) is 0 Å². The summed E-state index contributed by atoms with van der Waals surface area (Å²) in [4.78, 5) is 13.3. The highest BCUT2D eigenvalue weighted by molar-refractivity contribution is 5.86. The van der Waals surface area contributed by atoms with Crippen LogP contribution in [0.25, 0.3) is 0 Å². The van der Waals surface area contributed by atoms with Gasteiger partial charge in [0.1, 0.15) is 0 Å². The summed E-state index contributed by atoms with van der Waals surface area (Å²) in [6.07, 6.45) is 3.33. The van der Waals surface area contributed by atoms with Gasteiger partial charge in [0.25, 0.3) is 0 Å². The van der Waals surface area contributed by atoms with Crippen LogP contribution in [0.1, 0.15) is 33.1 Å². The van der Waals surface area contributed by atoms with E-state index in [2.05, 4.69) is 25.5 Å². The first kappa shape index (κ1) is 14.2. The van der Waals surface area contributed by atoms with Crippen molar-refractivity contribution in [3.05, 3.63) is 12.2 Å². The molecule has 0 aliphatic heterocycles. The molecule has 0 N–H and O–H groups in total. The average Bonchev–Trinajstić information content (AvgIpc) is 2.20. The quantitative estimate of drug-likeness (QED) is 0.352. The predicted octanol–water partition coefficient (Wildman–Crippen LogP) is 2.23. The fourth-order valence-corrected chi connectivity index (χ4v) is 1.16. The van der Waals surface area contributed by atoms with Crippen molar-refractivity contribution in [1.82, 2.24) is 4.90 Å². The average molecular weight is 213 g/mol. The molecule has 0 atom stereocenters. The van der Waals surface area contributed by atoms with Gasteiger partial charge in [-0.05, 0) is 33.4 Å². The second-order valence-electron chi connectivity index (χ2n) is 3.93. The van der Waals surface area contributed by atoms with E-state index >= 15 is 0 Å². The maximum absolute atomic E-state index is 11.0. The van der Waals surface area contributed by atoms with Gasteiger partial charge < -0.3 is 9.64 Å². The second kappa shape index (κ2) is 8.48. The third kappa shape index (κ3) is 8.18. The molecule has 0 saturated carbocycles. The number of rotatable bonds is 8. The molecule has 0 rings (SSSR count). The minimum atomic E-state index is -0.286. The van der Waals surface area contributed by atoms with Gasteiger partial charge in [0, 0.05) is 12.1 Å². The topological polar surface area (TPSA) is 29.5 Å². The predicted molar refractivity (Wildman–Crippen MR) is 62.8 cm³/mol. The van der Waals surface area contributed by atoms with Crippen molar-refractivity contribution in [2.75, 3.05) is 26.7 Å². The van der Waals surface area contributed by atoms with Gasteiger partial charge in [-0.2, -0.15) is 0 Å². The molecule has 88 valence electrons. The summed E-state index contributed by atoms with van der Waals surface area (Å²) in [5.74, 6) is -0.286. The lowest BCUT2D eigenvalue weighted by Crippen LogP contribution is -2.22. The van der Waals surface area contributed by atoms with Crippen LogP contribution >= 0.6 is 0 Å². The summed E-state index contributed by atoms with van der Waals surface area (Å²) in [5, 5.41) is 0. The molecule has 3 heteroatoms. The van der Waals surface area contributed by atoms with Gasteiger partial charge in [0.2, 0.25) is 0 Å². The summed E-state index contributed by atoms with van der Waals surface area (Å²) in [6.45, 7) is 9.95. The standard InChI is InChI=1S/C12H23NO2/c1-5-6-8-13(4)9-7-10-15-12(14)11(2)3/h2,5-10H2,1,3-4H3. The number of unbranched alkanes of at least 4 members (excludes halogenated alkanes) is 1. The number of hydrogen-bond donors (Lipinski definition) is 0. The molecule has 0 bridgehead atoms. The molecule has 15 heavy (non-hydrogen) atoms. The Morgan fingerprint density at radius 3 is 2.47 bits per heavy atom. The van der Waals surface area contributed by atoms with Gasteiger partial charge in [-0.25, -0.2) is 4.79 Å². The Bertz CT molecular complexity index is 202. The second-order valence-corrected chi connectivity index (χ2v) is 3.93. The number of ether oxygens (including phenoxy) is 1. The SMILES string of the molecule is C=C(C)C(=O)OCCCN(C)CCCC. The molecule has 0 aromatic rings. The van der Waals surface area contributed by atoms with Gasteiger partial charge in [0.05, 0.1) is 6.61 Å². The van der Waals surface area contributed by atoms with E-state index in [0.717, 1.165) is 19.5 Å². The summed E-state index contributed by atoms with van der Waals surface area (Å²) in [6, 6.07) is 0. The molecule has 0 aromatic heterocycles. The van der Waals surface area contributed by atoms with Gasteiger partial charge in [-0.3, -0.25) is 0 Å². The lowest BCUT2D eigenvalue weighted by atomic mass is 10.3. The normalized spacial score (nSPS) is 10.4. The van der Waals surface area contributed by atoms with Crippen LogP contribution in [0.4, 0.5) is 0 Å². The van der Waals surface area contributed by atoms with Crippen molar-refractivity contribution in [3.63, 3.8) is 0 Å². The number of carbonyl (C=O) groups is 1. The first-order chi connectivity index (χ1) is 7.07.